The van der Waals surface area contributed by atoms with Gasteiger partial charge in [0.25, 0.3) is 0 Å². The molecule has 2 aromatic carbocycles. The number of aliphatic hydroxyl groups is 1. The van der Waals surface area contributed by atoms with Crippen molar-refractivity contribution in [2.45, 2.75) is 6.10 Å². The molecule has 0 saturated carbocycles. The molecule has 0 unspecified atom stereocenters. The summed E-state index contributed by atoms with van der Waals surface area (Å²) in [5.74, 6) is 2.31. The highest BCUT2D eigenvalue weighted by Gasteiger charge is 2.22. The topological polar surface area (TPSA) is 80.4 Å². The number of nitrogens with zero attached hydrogens (tertiary/aromatic N) is 3. The quantitative estimate of drug-likeness (QED) is 0.391. The van der Waals surface area contributed by atoms with Gasteiger partial charge in [-0.3, -0.25) is 4.90 Å². The van der Waals surface area contributed by atoms with Gasteiger partial charge in [-0.05, 0) is 35.7 Å². The van der Waals surface area contributed by atoms with Crippen molar-refractivity contribution >= 4 is 39.7 Å². The number of rotatable bonds is 7. The maximum atomic E-state index is 10.6. The molecule has 4 aromatic rings. The Bertz CT molecular complexity index is 1290. The first-order valence-electron chi connectivity index (χ1n) is 11.3. The van der Waals surface area contributed by atoms with Crippen molar-refractivity contribution in [2.24, 2.45) is 0 Å². The third-order valence-electron chi connectivity index (χ3n) is 6.19. The number of benzene rings is 2. The lowest BCUT2D eigenvalue weighted by Gasteiger charge is -2.36. The van der Waals surface area contributed by atoms with Crippen molar-refractivity contribution in [1.29, 1.82) is 0 Å². The molecule has 35 heavy (non-hydrogen) atoms. The normalized spacial score (nSPS) is 16.3. The van der Waals surface area contributed by atoms with Crippen molar-refractivity contribution in [3.05, 3.63) is 53.9 Å². The van der Waals surface area contributed by atoms with Gasteiger partial charge in [0.05, 0.1) is 0 Å². The molecule has 1 saturated heterocycles. The Labute approximate surface area is 213 Å². The fraction of sp³-hybridized carbons (Fsp3) is 0.320. The first-order valence-corrected chi connectivity index (χ1v) is 12.2. The molecule has 0 radical (unpaired) electrons. The zero-order valence-corrected chi connectivity index (χ0v) is 20.6. The van der Waals surface area contributed by atoms with Crippen LogP contribution in [0.5, 0.6) is 17.2 Å². The van der Waals surface area contributed by atoms with Gasteiger partial charge in [0.2, 0.25) is 6.79 Å². The maximum Gasteiger partial charge on any atom is 0.231 e. The molecular weight excluding hydrogens is 490 g/mol. The average molecular weight is 516 g/mol. The monoisotopic (exact) mass is 515 g/mol. The third-order valence-corrected chi connectivity index (χ3v) is 7.09. The average Bonchev–Trinajstić information content (AvgIpc) is 3.60. The van der Waals surface area contributed by atoms with E-state index < -0.39 is 6.10 Å². The molecule has 1 atom stereocenters. The lowest BCUT2D eigenvalue weighted by Crippen LogP contribution is -2.49. The maximum absolute atomic E-state index is 10.6. The second-order valence-electron chi connectivity index (χ2n) is 8.46. The smallest absolute Gasteiger partial charge is 0.231 e. The molecule has 184 valence electrons. The number of β-amino-alcohol motifs (C(OH)–C–C–N with tert-alkyl or cyclic N) is 1. The molecule has 10 heteroatoms. The van der Waals surface area contributed by atoms with E-state index in [1.807, 2.05) is 47.8 Å². The summed E-state index contributed by atoms with van der Waals surface area (Å²) in [6.45, 7) is 4.64. The summed E-state index contributed by atoms with van der Waals surface area (Å²) >= 11 is 1.60. The van der Waals surface area contributed by atoms with Gasteiger partial charge in [-0.25, -0.2) is 0 Å². The summed E-state index contributed by atoms with van der Waals surface area (Å²) in [6.07, 6.45) is -0.572. The summed E-state index contributed by atoms with van der Waals surface area (Å²) in [5.41, 5.74) is 3.68. The molecule has 2 aromatic heterocycles. The minimum atomic E-state index is -0.572. The molecule has 0 amide bonds. The van der Waals surface area contributed by atoms with Gasteiger partial charge in [-0.15, -0.1) is 23.7 Å². The second-order valence-corrected chi connectivity index (χ2v) is 9.38. The summed E-state index contributed by atoms with van der Waals surface area (Å²) < 4.78 is 23.2. The number of piperazine rings is 1. The van der Waals surface area contributed by atoms with Crippen LogP contribution in [0.3, 0.4) is 0 Å². The van der Waals surface area contributed by atoms with Crippen LogP contribution in [0.15, 0.2) is 58.4 Å². The van der Waals surface area contributed by atoms with Gasteiger partial charge in [0.15, 0.2) is 17.1 Å². The summed E-state index contributed by atoms with van der Waals surface area (Å²) in [5, 5.41) is 16.8. The van der Waals surface area contributed by atoms with Crippen LogP contribution < -0.4 is 19.1 Å². The molecular formula is C25H26ClN3O5S. The highest BCUT2D eigenvalue weighted by atomic mass is 35.5. The Kier molecular flexibility index (Phi) is 7.01. The fourth-order valence-corrected chi connectivity index (χ4v) is 5.22. The Morgan fingerprint density at radius 1 is 1.03 bits per heavy atom. The number of fused-ring (bicyclic) bond motifs is 2. The minimum absolute atomic E-state index is 0. The number of hydrogen-bond acceptors (Lipinski definition) is 9. The van der Waals surface area contributed by atoms with Crippen LogP contribution in [0.1, 0.15) is 0 Å². The van der Waals surface area contributed by atoms with Crippen LogP contribution in [-0.4, -0.2) is 67.4 Å². The predicted octanol–water partition coefficient (Wildman–Crippen LogP) is 4.27. The van der Waals surface area contributed by atoms with Crippen LogP contribution in [-0.2, 0) is 0 Å². The Morgan fingerprint density at radius 3 is 2.77 bits per heavy atom. The minimum Gasteiger partial charge on any atom is -0.491 e. The number of ether oxygens (including phenoxy) is 3. The van der Waals surface area contributed by atoms with E-state index in [9.17, 15) is 5.11 Å². The molecule has 2 aliphatic rings. The van der Waals surface area contributed by atoms with Gasteiger partial charge in [0, 0.05) is 50.0 Å². The van der Waals surface area contributed by atoms with Crippen LogP contribution in [0, 0.1) is 0 Å². The van der Waals surface area contributed by atoms with Crippen molar-refractivity contribution in [3.63, 3.8) is 0 Å². The fourth-order valence-electron chi connectivity index (χ4n) is 4.41. The van der Waals surface area contributed by atoms with Gasteiger partial charge in [0.1, 0.15) is 28.9 Å². The van der Waals surface area contributed by atoms with E-state index in [4.69, 9.17) is 18.7 Å². The summed E-state index contributed by atoms with van der Waals surface area (Å²) in [4.78, 5) is 4.61. The van der Waals surface area contributed by atoms with E-state index in [1.54, 1.807) is 11.3 Å². The Morgan fingerprint density at radius 2 is 1.89 bits per heavy atom. The lowest BCUT2D eigenvalue weighted by atomic mass is 10.1. The number of thiophene rings is 1. The molecule has 1 fully saturated rings. The predicted molar refractivity (Wildman–Crippen MR) is 137 cm³/mol. The van der Waals surface area contributed by atoms with Crippen LogP contribution in [0.4, 0.5) is 5.69 Å². The largest absolute Gasteiger partial charge is 0.491 e. The third kappa shape index (κ3) is 5.04. The molecule has 4 heterocycles. The van der Waals surface area contributed by atoms with E-state index in [0.717, 1.165) is 64.9 Å². The zero-order valence-electron chi connectivity index (χ0n) is 19.0. The van der Waals surface area contributed by atoms with Gasteiger partial charge in [-0.2, -0.15) is 0 Å². The van der Waals surface area contributed by atoms with Gasteiger partial charge in [-0.1, -0.05) is 17.3 Å². The Balaban J connectivity index is 0.00000253. The molecule has 0 spiro atoms. The zero-order chi connectivity index (χ0) is 22.9. The van der Waals surface area contributed by atoms with Crippen molar-refractivity contribution in [2.75, 3.05) is 51.0 Å². The summed E-state index contributed by atoms with van der Waals surface area (Å²) in [6, 6.07) is 15.7. The number of hydrogen-bond donors (Lipinski definition) is 1. The van der Waals surface area contributed by atoms with E-state index in [2.05, 4.69) is 21.0 Å². The lowest BCUT2D eigenvalue weighted by molar-refractivity contribution is 0.0663. The molecule has 2 aliphatic heterocycles. The number of aliphatic hydroxyl groups excluding tert-OH is 1. The van der Waals surface area contributed by atoms with E-state index in [-0.39, 0.29) is 25.8 Å². The molecule has 0 aliphatic carbocycles. The summed E-state index contributed by atoms with van der Waals surface area (Å²) in [7, 11) is 0. The first kappa shape index (κ1) is 23.7. The van der Waals surface area contributed by atoms with Crippen molar-refractivity contribution in [1.82, 2.24) is 10.1 Å². The molecule has 6 rings (SSSR count). The molecule has 0 bridgehead atoms. The first-order chi connectivity index (χ1) is 16.7. The highest BCUT2D eigenvalue weighted by molar-refractivity contribution is 7.17. The van der Waals surface area contributed by atoms with Crippen LogP contribution in [0.25, 0.3) is 21.5 Å². The van der Waals surface area contributed by atoms with E-state index in [1.165, 1.54) is 0 Å². The molecule has 1 N–H and O–H groups in total. The van der Waals surface area contributed by atoms with E-state index >= 15 is 0 Å². The van der Waals surface area contributed by atoms with Crippen LogP contribution in [0.2, 0.25) is 0 Å². The SMILES string of the molecule is Cl.O[C@@H](COc1cccc(-c2noc3ccsc23)c1)CN1CCN(c2ccc3c(c2)OCO3)CC1. The van der Waals surface area contributed by atoms with E-state index in [0.29, 0.717) is 12.3 Å². The Hall–Kier alpha value is -2.98. The van der Waals surface area contributed by atoms with Gasteiger partial charge < -0.3 is 28.7 Å². The van der Waals surface area contributed by atoms with Gasteiger partial charge >= 0.3 is 0 Å². The molecule has 8 nitrogen and oxygen atoms in total. The number of aromatic nitrogens is 1. The van der Waals surface area contributed by atoms with Crippen LogP contribution >= 0.6 is 23.7 Å². The van der Waals surface area contributed by atoms with Crippen molar-refractivity contribution in [3.8, 4) is 28.5 Å². The number of halogens is 1. The second kappa shape index (κ2) is 10.3. The highest BCUT2D eigenvalue weighted by Crippen LogP contribution is 2.36. The standard InChI is InChI=1S/C25H25N3O5S.ClH/c29-19(14-27-7-9-28(10-8-27)18-4-5-21-23(13-18)32-16-31-21)15-30-20-3-1-2-17(12-20)24-25-22(33-26-24)6-11-34-25;/h1-6,11-13,19,29H,7-10,14-16H2;1H/t19-;/m1./s1. The number of anilines is 1. The van der Waals surface area contributed by atoms with Crippen molar-refractivity contribution < 1.29 is 23.8 Å².